The van der Waals surface area contributed by atoms with E-state index in [1.54, 1.807) is 24.3 Å². The average molecular weight is 485 g/mol. The highest BCUT2D eigenvalue weighted by molar-refractivity contribution is 7.92. The van der Waals surface area contributed by atoms with Gasteiger partial charge in [0.05, 0.1) is 16.3 Å². The Morgan fingerprint density at radius 1 is 0.912 bits per heavy atom. The molecular weight excluding hydrogens is 462 g/mol. The highest BCUT2D eigenvalue weighted by atomic mass is 32.2. The van der Waals surface area contributed by atoms with Gasteiger partial charge in [-0.2, -0.15) is 8.78 Å². The number of carbonyl (C=O) groups excluding carboxylic acids is 1. The van der Waals surface area contributed by atoms with Crippen LogP contribution in [0.2, 0.25) is 0 Å². The van der Waals surface area contributed by atoms with Crippen molar-refractivity contribution in [3.05, 3.63) is 83.4 Å². The van der Waals surface area contributed by atoms with Crippen LogP contribution < -0.4 is 13.9 Å². The van der Waals surface area contributed by atoms with Crippen LogP contribution in [0.3, 0.4) is 0 Å². The van der Waals surface area contributed by atoms with Crippen LogP contribution in [0.4, 0.5) is 20.2 Å². The van der Waals surface area contributed by atoms with Gasteiger partial charge in [-0.1, -0.05) is 36.4 Å². The van der Waals surface area contributed by atoms with Gasteiger partial charge in [-0.15, -0.1) is 0 Å². The monoisotopic (exact) mass is 484 g/mol. The second-order valence-electron chi connectivity index (χ2n) is 8.19. The molecule has 0 unspecified atom stereocenters. The number of ether oxygens (including phenoxy) is 1. The zero-order chi connectivity index (χ0) is 23.9. The molecule has 3 aromatic rings. The first-order valence-electron chi connectivity index (χ1n) is 11.0. The molecule has 9 heteroatoms. The number of hydrogen-bond acceptors (Lipinski definition) is 4. The van der Waals surface area contributed by atoms with Gasteiger partial charge in [0.25, 0.3) is 15.9 Å². The van der Waals surface area contributed by atoms with E-state index in [9.17, 15) is 22.0 Å². The van der Waals surface area contributed by atoms with Gasteiger partial charge >= 0.3 is 6.61 Å². The predicted molar refractivity (Wildman–Crippen MR) is 124 cm³/mol. The van der Waals surface area contributed by atoms with Gasteiger partial charge in [0, 0.05) is 18.7 Å². The Labute approximate surface area is 196 Å². The third kappa shape index (κ3) is 3.90. The van der Waals surface area contributed by atoms with Crippen molar-refractivity contribution >= 4 is 27.3 Å². The number of rotatable bonds is 5. The van der Waals surface area contributed by atoms with Crippen LogP contribution >= 0.6 is 0 Å². The van der Waals surface area contributed by atoms with E-state index in [1.807, 2.05) is 12.1 Å². The zero-order valence-electron chi connectivity index (χ0n) is 18.2. The van der Waals surface area contributed by atoms with E-state index in [-0.39, 0.29) is 16.2 Å². The number of nitrogens with zero attached hydrogens (tertiary/aromatic N) is 2. The zero-order valence-corrected chi connectivity index (χ0v) is 19.0. The Balaban J connectivity index is 1.50. The minimum atomic E-state index is -3.88. The number of alkyl halides is 2. The fraction of sp³-hybridized carbons (Fsp3) is 0.240. The van der Waals surface area contributed by atoms with Crippen molar-refractivity contribution in [2.24, 2.45) is 0 Å². The molecule has 34 heavy (non-hydrogen) atoms. The third-order valence-electron chi connectivity index (χ3n) is 6.16. The van der Waals surface area contributed by atoms with Gasteiger partial charge in [0.15, 0.2) is 0 Å². The van der Waals surface area contributed by atoms with Crippen molar-refractivity contribution in [1.29, 1.82) is 0 Å². The molecule has 1 amide bonds. The highest BCUT2D eigenvalue weighted by Crippen LogP contribution is 2.38. The molecule has 0 radical (unpaired) electrons. The minimum Gasteiger partial charge on any atom is -0.433 e. The van der Waals surface area contributed by atoms with Crippen LogP contribution in [0.15, 0.2) is 71.6 Å². The summed E-state index contributed by atoms with van der Waals surface area (Å²) in [5.74, 6) is -0.539. The molecule has 0 aliphatic carbocycles. The maximum Gasteiger partial charge on any atom is 0.387 e. The maximum atomic E-state index is 13.5. The Morgan fingerprint density at radius 3 is 2.50 bits per heavy atom. The SMILES string of the molecule is O=C(c1cccc(S(=O)(=O)N2CCc3ccccc32)c1)N1CCCc2cccc(OC(F)F)c21. The summed E-state index contributed by atoms with van der Waals surface area (Å²) in [4.78, 5) is 14.9. The van der Waals surface area contributed by atoms with Gasteiger partial charge in [-0.3, -0.25) is 9.10 Å². The molecule has 0 bridgehead atoms. The van der Waals surface area contributed by atoms with Crippen LogP contribution in [0, 0.1) is 0 Å². The number of sulfonamides is 1. The van der Waals surface area contributed by atoms with Crippen LogP contribution in [0.5, 0.6) is 5.75 Å². The standard InChI is InChI=1S/C25H22F2N2O4S/c26-25(27)33-22-12-4-7-18-9-5-14-28(23(18)22)24(30)19-8-3-10-20(16-19)34(31,32)29-15-13-17-6-1-2-11-21(17)29/h1-4,6-8,10-12,16,25H,5,9,13-15H2. The Morgan fingerprint density at radius 2 is 1.68 bits per heavy atom. The molecule has 0 atom stereocenters. The molecule has 176 valence electrons. The van der Waals surface area contributed by atoms with Crippen molar-refractivity contribution in [3.8, 4) is 5.75 Å². The van der Waals surface area contributed by atoms with Crippen molar-refractivity contribution in [3.63, 3.8) is 0 Å². The molecule has 0 saturated heterocycles. The minimum absolute atomic E-state index is 0.00408. The second-order valence-corrected chi connectivity index (χ2v) is 10.0. The summed E-state index contributed by atoms with van der Waals surface area (Å²) in [6.45, 7) is -2.39. The maximum absolute atomic E-state index is 13.5. The number of fused-ring (bicyclic) bond motifs is 2. The summed E-state index contributed by atoms with van der Waals surface area (Å²) in [5.41, 5.74) is 2.79. The van der Waals surface area contributed by atoms with Crippen LogP contribution in [0.1, 0.15) is 27.9 Å². The number of benzene rings is 3. The van der Waals surface area contributed by atoms with E-state index in [1.165, 1.54) is 39.5 Å². The molecule has 3 aromatic carbocycles. The first-order valence-corrected chi connectivity index (χ1v) is 12.4. The van der Waals surface area contributed by atoms with Crippen LogP contribution in [0.25, 0.3) is 0 Å². The molecule has 0 aromatic heterocycles. The number of para-hydroxylation sites is 2. The van der Waals surface area contributed by atoms with Crippen molar-refractivity contribution in [2.45, 2.75) is 30.8 Å². The van der Waals surface area contributed by atoms with Crippen molar-refractivity contribution in [2.75, 3.05) is 22.3 Å². The lowest BCUT2D eigenvalue weighted by atomic mass is 10.00. The molecule has 0 fully saturated rings. The molecule has 0 spiro atoms. The fourth-order valence-electron chi connectivity index (χ4n) is 4.64. The first-order chi connectivity index (χ1) is 16.4. The number of carbonyl (C=O) groups is 1. The smallest absolute Gasteiger partial charge is 0.387 e. The number of halogens is 2. The van der Waals surface area contributed by atoms with Crippen LogP contribution in [-0.4, -0.2) is 34.0 Å². The van der Waals surface area contributed by atoms with Gasteiger partial charge in [-0.25, -0.2) is 8.42 Å². The molecule has 5 rings (SSSR count). The number of amides is 1. The van der Waals surface area contributed by atoms with Gasteiger partial charge in [0.2, 0.25) is 0 Å². The molecule has 0 saturated carbocycles. The Hall–Kier alpha value is -3.46. The van der Waals surface area contributed by atoms with E-state index in [0.717, 1.165) is 11.1 Å². The molecular formula is C25H22F2N2O4S. The van der Waals surface area contributed by atoms with Gasteiger partial charge < -0.3 is 9.64 Å². The van der Waals surface area contributed by atoms with Crippen molar-refractivity contribution < 1.29 is 26.7 Å². The first kappa shape index (κ1) is 22.3. The van der Waals surface area contributed by atoms with E-state index in [0.29, 0.717) is 43.7 Å². The summed E-state index contributed by atoms with van der Waals surface area (Å²) < 4.78 is 58.8. The third-order valence-corrected chi connectivity index (χ3v) is 7.96. The lowest BCUT2D eigenvalue weighted by Crippen LogP contribution is -2.36. The van der Waals surface area contributed by atoms with Gasteiger partial charge in [0.1, 0.15) is 5.75 Å². The fourth-order valence-corrected chi connectivity index (χ4v) is 6.19. The normalized spacial score (nSPS) is 15.3. The molecule has 6 nitrogen and oxygen atoms in total. The van der Waals surface area contributed by atoms with E-state index in [4.69, 9.17) is 0 Å². The summed E-state index contributed by atoms with van der Waals surface area (Å²) in [6, 6.07) is 18.0. The van der Waals surface area contributed by atoms with E-state index >= 15 is 0 Å². The average Bonchev–Trinajstić information content (AvgIpc) is 3.28. The van der Waals surface area contributed by atoms with E-state index < -0.39 is 22.5 Å². The topological polar surface area (TPSA) is 66.9 Å². The number of hydrogen-bond donors (Lipinski definition) is 0. The molecule has 2 aliphatic heterocycles. The molecule has 2 heterocycles. The Bertz CT molecular complexity index is 1360. The summed E-state index contributed by atoms with van der Waals surface area (Å²) in [6.07, 6.45) is 1.90. The lowest BCUT2D eigenvalue weighted by Gasteiger charge is -2.31. The molecule has 2 aliphatic rings. The van der Waals surface area contributed by atoms with Crippen LogP contribution in [-0.2, 0) is 22.9 Å². The predicted octanol–water partition coefficient (Wildman–Crippen LogP) is 4.63. The quantitative estimate of drug-likeness (QED) is 0.530. The number of anilines is 2. The largest absolute Gasteiger partial charge is 0.433 e. The number of aryl methyl sites for hydroxylation is 1. The summed E-state index contributed by atoms with van der Waals surface area (Å²) in [5, 5.41) is 0. The summed E-state index contributed by atoms with van der Waals surface area (Å²) in [7, 11) is -3.88. The lowest BCUT2D eigenvalue weighted by molar-refractivity contribution is -0.0495. The summed E-state index contributed by atoms with van der Waals surface area (Å²) >= 11 is 0. The second kappa shape index (κ2) is 8.72. The Kier molecular flexibility index (Phi) is 5.73. The van der Waals surface area contributed by atoms with Crippen molar-refractivity contribution in [1.82, 2.24) is 0 Å². The highest BCUT2D eigenvalue weighted by Gasteiger charge is 2.32. The van der Waals surface area contributed by atoms with E-state index in [2.05, 4.69) is 4.74 Å². The molecule has 0 N–H and O–H groups in total. The van der Waals surface area contributed by atoms with Gasteiger partial charge in [-0.05, 0) is 60.7 Å².